The third kappa shape index (κ3) is 6.66. The fraction of sp³-hybridized carbons (Fsp3) is 0.611. The molecular formula is C18H31N3O3. The van der Waals surface area contributed by atoms with Gasteiger partial charge in [0.25, 0.3) is 0 Å². The number of nitrogens with one attached hydrogen (secondary N) is 1. The van der Waals surface area contributed by atoms with Crippen LogP contribution in [0.25, 0.3) is 0 Å². The van der Waals surface area contributed by atoms with Gasteiger partial charge in [-0.2, -0.15) is 0 Å². The van der Waals surface area contributed by atoms with Crippen molar-refractivity contribution >= 4 is 5.96 Å². The van der Waals surface area contributed by atoms with E-state index in [0.29, 0.717) is 6.54 Å². The molecule has 24 heavy (non-hydrogen) atoms. The number of hydrogen-bond acceptors (Lipinski definition) is 4. The lowest BCUT2D eigenvalue weighted by Gasteiger charge is -2.23. The van der Waals surface area contributed by atoms with Crippen LogP contribution in [-0.2, 0) is 11.3 Å². The second-order valence-corrected chi connectivity index (χ2v) is 5.78. The first-order chi connectivity index (χ1) is 11.5. The van der Waals surface area contributed by atoms with Crippen LogP contribution in [0.1, 0.15) is 25.8 Å². The molecule has 0 aliphatic rings. The maximum absolute atomic E-state index is 5.54. The van der Waals surface area contributed by atoms with Crippen molar-refractivity contribution in [2.45, 2.75) is 32.9 Å². The maximum atomic E-state index is 5.54. The molecule has 0 saturated carbocycles. The quantitative estimate of drug-likeness (QED) is 0.426. The molecular weight excluding hydrogens is 306 g/mol. The third-order valence-electron chi connectivity index (χ3n) is 3.53. The Hall–Kier alpha value is -1.95. The largest absolute Gasteiger partial charge is 0.497 e. The van der Waals surface area contributed by atoms with Gasteiger partial charge in [-0.25, -0.2) is 0 Å². The van der Waals surface area contributed by atoms with Crippen molar-refractivity contribution in [2.24, 2.45) is 4.99 Å². The molecule has 0 unspecified atom stereocenters. The lowest BCUT2D eigenvalue weighted by molar-refractivity contribution is 0.0776. The Morgan fingerprint density at radius 3 is 2.58 bits per heavy atom. The molecule has 6 nitrogen and oxygen atoms in total. The lowest BCUT2D eigenvalue weighted by Crippen LogP contribution is -2.39. The number of guanidine groups is 1. The molecule has 6 heteroatoms. The Balaban J connectivity index is 2.56. The SMILES string of the molecule is CN=C(NCCCOC(C)C)N(C)Cc1ccc(OC)cc1OC. The first-order valence-electron chi connectivity index (χ1n) is 8.26. The molecule has 0 aromatic heterocycles. The molecule has 0 aliphatic heterocycles. The van der Waals surface area contributed by atoms with E-state index in [0.717, 1.165) is 42.6 Å². The predicted molar refractivity (Wildman–Crippen MR) is 98.1 cm³/mol. The standard InChI is InChI=1S/C18H31N3O3/c1-14(2)24-11-7-10-20-18(19-3)21(4)13-15-8-9-16(22-5)12-17(15)23-6/h8-9,12,14H,7,10-11,13H2,1-6H3,(H,19,20). The fourth-order valence-electron chi connectivity index (χ4n) is 2.29. The topological polar surface area (TPSA) is 55.3 Å². The number of methoxy groups -OCH3 is 2. The number of hydrogen-bond donors (Lipinski definition) is 1. The Morgan fingerprint density at radius 1 is 1.25 bits per heavy atom. The van der Waals surface area contributed by atoms with E-state index in [9.17, 15) is 0 Å². The van der Waals surface area contributed by atoms with Gasteiger partial charge in [-0.1, -0.05) is 0 Å². The summed E-state index contributed by atoms with van der Waals surface area (Å²) in [5.74, 6) is 2.44. The van der Waals surface area contributed by atoms with E-state index < -0.39 is 0 Å². The molecule has 1 aromatic carbocycles. The number of nitrogens with zero attached hydrogens (tertiary/aromatic N) is 2. The second-order valence-electron chi connectivity index (χ2n) is 5.78. The molecule has 0 fully saturated rings. The Bertz CT molecular complexity index is 518. The van der Waals surface area contributed by atoms with Crippen molar-refractivity contribution < 1.29 is 14.2 Å². The molecule has 1 rings (SSSR count). The minimum absolute atomic E-state index is 0.273. The first-order valence-corrected chi connectivity index (χ1v) is 8.26. The summed E-state index contributed by atoms with van der Waals surface area (Å²) in [7, 11) is 7.10. The molecule has 0 amide bonds. The van der Waals surface area contributed by atoms with E-state index in [4.69, 9.17) is 14.2 Å². The van der Waals surface area contributed by atoms with Crippen molar-refractivity contribution in [3.8, 4) is 11.5 Å². The van der Waals surface area contributed by atoms with E-state index in [2.05, 4.69) is 15.2 Å². The van der Waals surface area contributed by atoms with Gasteiger partial charge in [0.1, 0.15) is 11.5 Å². The average Bonchev–Trinajstić information content (AvgIpc) is 2.58. The van der Waals surface area contributed by atoms with Gasteiger partial charge < -0.3 is 24.4 Å². The number of benzene rings is 1. The monoisotopic (exact) mass is 337 g/mol. The number of rotatable bonds is 9. The number of aliphatic imine (C=N–C) groups is 1. The van der Waals surface area contributed by atoms with Crippen molar-refractivity contribution in [2.75, 3.05) is 41.5 Å². The van der Waals surface area contributed by atoms with Crippen molar-refractivity contribution in [3.05, 3.63) is 23.8 Å². The number of ether oxygens (including phenoxy) is 3. The minimum Gasteiger partial charge on any atom is -0.497 e. The molecule has 0 bridgehead atoms. The molecule has 0 radical (unpaired) electrons. The average molecular weight is 337 g/mol. The van der Waals surface area contributed by atoms with Gasteiger partial charge in [0.15, 0.2) is 5.96 Å². The predicted octanol–water partition coefficient (Wildman–Crippen LogP) is 2.53. The van der Waals surface area contributed by atoms with Gasteiger partial charge in [0.2, 0.25) is 0 Å². The highest BCUT2D eigenvalue weighted by atomic mass is 16.5. The summed E-state index contributed by atoms with van der Waals surface area (Å²) < 4.78 is 16.2. The molecule has 0 aliphatic carbocycles. The van der Waals surface area contributed by atoms with Gasteiger partial charge in [-0.05, 0) is 32.4 Å². The summed E-state index contributed by atoms with van der Waals surface area (Å²) in [5.41, 5.74) is 1.08. The molecule has 136 valence electrons. The summed E-state index contributed by atoms with van der Waals surface area (Å²) in [6.07, 6.45) is 1.21. The summed E-state index contributed by atoms with van der Waals surface area (Å²) in [6.45, 7) is 6.35. The lowest BCUT2D eigenvalue weighted by atomic mass is 10.2. The van der Waals surface area contributed by atoms with Crippen LogP contribution in [0.3, 0.4) is 0 Å². The Morgan fingerprint density at radius 2 is 2.00 bits per heavy atom. The normalized spacial score (nSPS) is 11.5. The van der Waals surface area contributed by atoms with Crippen molar-refractivity contribution in [3.63, 3.8) is 0 Å². The Labute approximate surface area is 145 Å². The van der Waals surface area contributed by atoms with Crippen LogP contribution >= 0.6 is 0 Å². The fourth-order valence-corrected chi connectivity index (χ4v) is 2.29. The zero-order chi connectivity index (χ0) is 17.9. The van der Waals surface area contributed by atoms with Crippen molar-refractivity contribution in [1.82, 2.24) is 10.2 Å². The zero-order valence-electron chi connectivity index (χ0n) is 15.8. The third-order valence-corrected chi connectivity index (χ3v) is 3.53. The van der Waals surface area contributed by atoms with Gasteiger partial charge in [-0.3, -0.25) is 4.99 Å². The maximum Gasteiger partial charge on any atom is 0.193 e. The summed E-state index contributed by atoms with van der Waals surface area (Å²) in [4.78, 5) is 6.39. The first kappa shape index (κ1) is 20.1. The van der Waals surface area contributed by atoms with Gasteiger partial charge in [-0.15, -0.1) is 0 Å². The van der Waals surface area contributed by atoms with Crippen LogP contribution in [0.5, 0.6) is 11.5 Å². The van der Waals surface area contributed by atoms with Crippen LogP contribution in [0.4, 0.5) is 0 Å². The zero-order valence-corrected chi connectivity index (χ0v) is 15.8. The summed E-state index contributed by atoms with van der Waals surface area (Å²) in [5, 5.41) is 3.35. The van der Waals surface area contributed by atoms with Crippen LogP contribution in [0.2, 0.25) is 0 Å². The summed E-state index contributed by atoms with van der Waals surface area (Å²) in [6, 6.07) is 5.84. The smallest absolute Gasteiger partial charge is 0.193 e. The van der Waals surface area contributed by atoms with E-state index in [1.807, 2.05) is 39.1 Å². The highest BCUT2D eigenvalue weighted by Gasteiger charge is 2.11. The summed E-state index contributed by atoms with van der Waals surface area (Å²) >= 11 is 0. The highest BCUT2D eigenvalue weighted by Crippen LogP contribution is 2.25. The second kappa shape index (κ2) is 10.8. The van der Waals surface area contributed by atoms with Gasteiger partial charge in [0.05, 0.1) is 20.3 Å². The molecule has 1 N–H and O–H groups in total. The highest BCUT2D eigenvalue weighted by molar-refractivity contribution is 5.79. The molecule has 0 spiro atoms. The van der Waals surface area contributed by atoms with E-state index in [-0.39, 0.29) is 6.10 Å². The van der Waals surface area contributed by atoms with Crippen molar-refractivity contribution in [1.29, 1.82) is 0 Å². The van der Waals surface area contributed by atoms with E-state index in [1.165, 1.54) is 0 Å². The van der Waals surface area contributed by atoms with Crippen LogP contribution < -0.4 is 14.8 Å². The van der Waals surface area contributed by atoms with Crippen LogP contribution in [0.15, 0.2) is 23.2 Å². The minimum atomic E-state index is 0.273. The van der Waals surface area contributed by atoms with Crippen LogP contribution in [-0.4, -0.2) is 58.4 Å². The Kier molecular flexibility index (Phi) is 9.01. The molecule has 0 atom stereocenters. The molecule has 0 heterocycles. The van der Waals surface area contributed by atoms with E-state index in [1.54, 1.807) is 21.3 Å². The van der Waals surface area contributed by atoms with Gasteiger partial charge >= 0.3 is 0 Å². The van der Waals surface area contributed by atoms with E-state index >= 15 is 0 Å². The van der Waals surface area contributed by atoms with Crippen LogP contribution in [0, 0.1) is 0 Å². The molecule has 0 saturated heterocycles. The van der Waals surface area contributed by atoms with Gasteiger partial charge in [0, 0.05) is 45.4 Å². The molecule has 1 aromatic rings.